The van der Waals surface area contributed by atoms with Crippen LogP contribution < -0.4 is 0 Å². The summed E-state index contributed by atoms with van der Waals surface area (Å²) in [6.07, 6.45) is 0. The van der Waals surface area contributed by atoms with E-state index in [1.165, 1.54) is 0 Å². The number of fused-ring (bicyclic) bond motifs is 4. The molecule has 2 atom stereocenters. The van der Waals surface area contributed by atoms with Crippen molar-refractivity contribution in [2.45, 2.75) is 25.0 Å². The van der Waals surface area contributed by atoms with Gasteiger partial charge in [-0.05, 0) is 41.3 Å². The van der Waals surface area contributed by atoms with E-state index in [1.54, 1.807) is 6.92 Å². The summed E-state index contributed by atoms with van der Waals surface area (Å²) in [6.45, 7) is 3.61. The maximum atomic E-state index is 11.3. The van der Waals surface area contributed by atoms with Gasteiger partial charge in [0, 0.05) is 5.56 Å². The molecule has 0 amide bonds. The summed E-state index contributed by atoms with van der Waals surface area (Å²) in [5, 5.41) is 24.5. The van der Waals surface area contributed by atoms with Gasteiger partial charge in [0.15, 0.2) is 0 Å². The van der Waals surface area contributed by atoms with Crippen molar-refractivity contribution in [1.82, 2.24) is 0 Å². The third-order valence-corrected chi connectivity index (χ3v) is 4.92. The fraction of sp³-hybridized carbons (Fsp3) is 0.200. The molecule has 0 heterocycles. The molecule has 3 aromatic rings. The molecular weight excluding hydrogens is 272 g/mol. The molecule has 0 saturated carbocycles. The number of hydrogen-bond donors (Lipinski definition) is 2. The highest BCUT2D eigenvalue weighted by atomic mass is 16.3. The van der Waals surface area contributed by atoms with Crippen LogP contribution >= 0.6 is 0 Å². The summed E-state index contributed by atoms with van der Waals surface area (Å²) < 4.78 is 0. The highest BCUT2D eigenvalue weighted by Crippen LogP contribution is 2.49. The Kier molecular flexibility index (Phi) is 2.57. The highest BCUT2D eigenvalue weighted by molar-refractivity contribution is 5.89. The number of hydrogen-bond acceptors (Lipinski definition) is 2. The molecule has 22 heavy (non-hydrogen) atoms. The lowest BCUT2D eigenvalue weighted by Crippen LogP contribution is -2.39. The van der Waals surface area contributed by atoms with Gasteiger partial charge in [-0.15, -0.1) is 0 Å². The van der Waals surface area contributed by atoms with Crippen LogP contribution in [0.1, 0.15) is 36.1 Å². The van der Waals surface area contributed by atoms with Gasteiger partial charge in [-0.2, -0.15) is 0 Å². The Bertz CT molecular complexity index is 891. The zero-order valence-electron chi connectivity index (χ0n) is 12.7. The van der Waals surface area contributed by atoms with Crippen molar-refractivity contribution < 1.29 is 10.2 Å². The number of rotatable bonds is 0. The zero-order valence-corrected chi connectivity index (χ0v) is 12.7. The van der Waals surface area contributed by atoms with E-state index < -0.39 is 11.2 Å². The van der Waals surface area contributed by atoms with Crippen LogP contribution in [0.15, 0.2) is 60.7 Å². The van der Waals surface area contributed by atoms with E-state index in [-0.39, 0.29) is 0 Å². The Balaban J connectivity index is 2.19. The van der Waals surface area contributed by atoms with Gasteiger partial charge in [0.1, 0.15) is 11.2 Å². The van der Waals surface area contributed by atoms with Crippen molar-refractivity contribution >= 4 is 10.8 Å². The van der Waals surface area contributed by atoms with Crippen molar-refractivity contribution in [1.29, 1.82) is 0 Å². The molecule has 110 valence electrons. The molecule has 2 N–H and O–H groups in total. The van der Waals surface area contributed by atoms with Gasteiger partial charge >= 0.3 is 0 Å². The van der Waals surface area contributed by atoms with E-state index in [0.717, 1.165) is 33.0 Å². The molecule has 0 spiro atoms. The molecule has 0 fully saturated rings. The molecule has 0 aliphatic heterocycles. The molecule has 1 aliphatic rings. The van der Waals surface area contributed by atoms with Crippen LogP contribution in [0.3, 0.4) is 0 Å². The Labute approximate surface area is 129 Å². The van der Waals surface area contributed by atoms with Crippen molar-refractivity contribution in [3.05, 3.63) is 82.9 Å². The lowest BCUT2D eigenvalue weighted by molar-refractivity contribution is 0.0521. The first-order valence-corrected chi connectivity index (χ1v) is 7.51. The minimum Gasteiger partial charge on any atom is -0.381 e. The van der Waals surface area contributed by atoms with E-state index in [9.17, 15) is 10.2 Å². The molecule has 0 radical (unpaired) electrons. The fourth-order valence-electron chi connectivity index (χ4n) is 3.81. The van der Waals surface area contributed by atoms with Gasteiger partial charge in [-0.3, -0.25) is 0 Å². The summed E-state index contributed by atoms with van der Waals surface area (Å²) in [4.78, 5) is 0. The molecule has 2 heteroatoms. The molecule has 3 aromatic carbocycles. The summed E-state index contributed by atoms with van der Waals surface area (Å²) in [5.74, 6) is 0. The third kappa shape index (κ3) is 1.57. The third-order valence-electron chi connectivity index (χ3n) is 4.92. The smallest absolute Gasteiger partial charge is 0.113 e. The molecular formula is C20H18O2. The second-order valence-electron chi connectivity index (χ2n) is 6.40. The van der Waals surface area contributed by atoms with Crippen molar-refractivity contribution in [3.8, 4) is 0 Å². The fourth-order valence-corrected chi connectivity index (χ4v) is 3.81. The van der Waals surface area contributed by atoms with Crippen LogP contribution in [0, 0.1) is 0 Å². The average molecular weight is 290 g/mol. The number of aliphatic hydroxyl groups is 2. The highest BCUT2D eigenvalue weighted by Gasteiger charge is 2.45. The van der Waals surface area contributed by atoms with Gasteiger partial charge in [-0.25, -0.2) is 0 Å². The maximum Gasteiger partial charge on any atom is 0.113 e. The Morgan fingerprint density at radius 1 is 0.636 bits per heavy atom. The first kappa shape index (κ1) is 13.5. The second-order valence-corrected chi connectivity index (χ2v) is 6.40. The SMILES string of the molecule is C[C@]1(O)c2ccccc2[C@@](C)(O)c2c1ccc1ccccc21. The molecule has 0 unspecified atom stereocenters. The van der Waals surface area contributed by atoms with Gasteiger partial charge < -0.3 is 10.2 Å². The predicted molar refractivity (Wildman–Crippen MR) is 87.7 cm³/mol. The summed E-state index contributed by atoms with van der Waals surface area (Å²) >= 11 is 0. The topological polar surface area (TPSA) is 40.5 Å². The molecule has 0 bridgehead atoms. The number of benzene rings is 3. The molecule has 1 aliphatic carbocycles. The molecule has 2 nitrogen and oxygen atoms in total. The first-order valence-electron chi connectivity index (χ1n) is 7.51. The molecule has 4 rings (SSSR count). The standard InChI is InChI=1S/C20H18O2/c1-19(21)15-9-5-6-10-16(15)20(2,22)18-14-8-4-3-7-13(14)11-12-17(18)19/h3-12,21-22H,1-2H3/t19-,20+/m0/s1. The van der Waals surface area contributed by atoms with E-state index in [2.05, 4.69) is 0 Å². The Hall–Kier alpha value is -2.16. The average Bonchev–Trinajstić information content (AvgIpc) is 2.52. The largest absolute Gasteiger partial charge is 0.381 e. The first-order chi connectivity index (χ1) is 10.4. The van der Waals surface area contributed by atoms with Crippen LogP contribution in [0.4, 0.5) is 0 Å². The summed E-state index contributed by atoms with van der Waals surface area (Å²) in [6, 6.07) is 19.5. The predicted octanol–water partition coefficient (Wildman–Crippen LogP) is 3.66. The van der Waals surface area contributed by atoms with Crippen LogP contribution in [-0.2, 0) is 11.2 Å². The normalized spacial score (nSPS) is 26.5. The lowest BCUT2D eigenvalue weighted by Gasteiger charge is -2.42. The lowest BCUT2D eigenvalue weighted by atomic mass is 9.67. The zero-order chi connectivity index (χ0) is 15.5. The van der Waals surface area contributed by atoms with Crippen LogP contribution in [0.5, 0.6) is 0 Å². The summed E-state index contributed by atoms with van der Waals surface area (Å²) in [5.41, 5.74) is 0.864. The van der Waals surface area contributed by atoms with E-state index in [1.807, 2.05) is 67.6 Å². The van der Waals surface area contributed by atoms with Gasteiger partial charge in [-0.1, -0.05) is 60.7 Å². The Morgan fingerprint density at radius 2 is 1.23 bits per heavy atom. The van der Waals surface area contributed by atoms with Crippen molar-refractivity contribution in [3.63, 3.8) is 0 Å². The van der Waals surface area contributed by atoms with E-state index in [0.29, 0.717) is 0 Å². The maximum absolute atomic E-state index is 11.3. The van der Waals surface area contributed by atoms with Crippen LogP contribution in [-0.4, -0.2) is 10.2 Å². The Morgan fingerprint density at radius 3 is 1.95 bits per heavy atom. The van der Waals surface area contributed by atoms with Crippen molar-refractivity contribution in [2.75, 3.05) is 0 Å². The van der Waals surface area contributed by atoms with Crippen LogP contribution in [0.2, 0.25) is 0 Å². The monoisotopic (exact) mass is 290 g/mol. The molecule has 0 aromatic heterocycles. The van der Waals surface area contributed by atoms with Crippen molar-refractivity contribution in [2.24, 2.45) is 0 Å². The second kappa shape index (κ2) is 4.19. The summed E-state index contributed by atoms with van der Waals surface area (Å²) in [7, 11) is 0. The van der Waals surface area contributed by atoms with E-state index in [4.69, 9.17) is 0 Å². The minimum atomic E-state index is -1.13. The quantitative estimate of drug-likeness (QED) is 0.663. The minimum absolute atomic E-state index is 0.766. The molecule has 0 saturated heterocycles. The van der Waals surface area contributed by atoms with Gasteiger partial charge in [0.05, 0.1) is 0 Å². The van der Waals surface area contributed by atoms with Gasteiger partial charge in [0.2, 0.25) is 0 Å². The van der Waals surface area contributed by atoms with Crippen LogP contribution in [0.25, 0.3) is 10.8 Å². The van der Waals surface area contributed by atoms with E-state index >= 15 is 0 Å². The van der Waals surface area contributed by atoms with Gasteiger partial charge in [0.25, 0.3) is 0 Å².